The first-order valence-corrected chi connectivity index (χ1v) is 11.6. The second kappa shape index (κ2) is 10.7. The van der Waals surface area contributed by atoms with Gasteiger partial charge in [0.25, 0.3) is 0 Å². The van der Waals surface area contributed by atoms with E-state index < -0.39 is 17.3 Å². The molecule has 2 aromatic rings. The van der Waals surface area contributed by atoms with Gasteiger partial charge in [0.05, 0.1) is 12.2 Å². The molecule has 0 heterocycles. The van der Waals surface area contributed by atoms with Crippen LogP contribution in [0.1, 0.15) is 68.6 Å². The maximum Gasteiger partial charge on any atom is 0.416 e. The van der Waals surface area contributed by atoms with E-state index in [1.165, 1.54) is 44.2 Å². The lowest BCUT2D eigenvalue weighted by molar-refractivity contribution is -0.137. The van der Waals surface area contributed by atoms with Crippen LogP contribution in [0.5, 0.6) is 5.75 Å². The summed E-state index contributed by atoms with van der Waals surface area (Å²) >= 11 is 0. The topological polar surface area (TPSA) is 32.7 Å². The SMILES string of the molecule is CCC(O)(c1ccc(OCCCN(C)C2CCCCC2)cc1)c1cccc(C(F)(F)F)c1. The zero-order valence-corrected chi connectivity index (χ0v) is 19.0. The minimum atomic E-state index is -4.45. The predicted molar refractivity (Wildman–Crippen MR) is 121 cm³/mol. The van der Waals surface area contributed by atoms with Gasteiger partial charge < -0.3 is 14.7 Å². The fraction of sp³-hybridized carbons (Fsp3) is 0.538. The first kappa shape index (κ1) is 24.6. The van der Waals surface area contributed by atoms with Gasteiger partial charge in [0, 0.05) is 12.6 Å². The van der Waals surface area contributed by atoms with Gasteiger partial charge in [0.15, 0.2) is 0 Å². The van der Waals surface area contributed by atoms with E-state index >= 15 is 0 Å². The summed E-state index contributed by atoms with van der Waals surface area (Å²) in [6.07, 6.45) is 3.29. The third-order valence-corrected chi connectivity index (χ3v) is 6.63. The average Bonchev–Trinajstić information content (AvgIpc) is 2.81. The number of alkyl halides is 3. The molecule has 1 unspecified atom stereocenters. The zero-order chi connectivity index (χ0) is 23.2. The van der Waals surface area contributed by atoms with Crippen molar-refractivity contribution in [1.82, 2.24) is 4.90 Å². The Morgan fingerprint density at radius 2 is 1.62 bits per heavy atom. The van der Waals surface area contributed by atoms with Crippen molar-refractivity contribution in [2.75, 3.05) is 20.2 Å². The van der Waals surface area contributed by atoms with Crippen LogP contribution >= 0.6 is 0 Å². The summed E-state index contributed by atoms with van der Waals surface area (Å²) in [5, 5.41) is 11.2. The molecular formula is C26H34F3NO2. The third-order valence-electron chi connectivity index (χ3n) is 6.63. The second-order valence-corrected chi connectivity index (χ2v) is 8.79. The molecule has 1 N–H and O–H groups in total. The zero-order valence-electron chi connectivity index (χ0n) is 19.0. The van der Waals surface area contributed by atoms with Gasteiger partial charge in [-0.25, -0.2) is 0 Å². The maximum atomic E-state index is 13.1. The molecule has 176 valence electrons. The van der Waals surface area contributed by atoms with Crippen LogP contribution in [0.15, 0.2) is 48.5 Å². The lowest BCUT2D eigenvalue weighted by Gasteiger charge is -2.31. The molecular weight excluding hydrogens is 415 g/mol. The van der Waals surface area contributed by atoms with Crippen molar-refractivity contribution in [2.45, 2.75) is 69.7 Å². The van der Waals surface area contributed by atoms with E-state index in [1.807, 2.05) is 0 Å². The van der Waals surface area contributed by atoms with E-state index in [1.54, 1.807) is 31.2 Å². The smallest absolute Gasteiger partial charge is 0.416 e. The van der Waals surface area contributed by atoms with Gasteiger partial charge >= 0.3 is 6.18 Å². The summed E-state index contributed by atoms with van der Waals surface area (Å²) in [6, 6.07) is 12.6. The molecule has 0 amide bonds. The number of rotatable bonds is 9. The maximum absolute atomic E-state index is 13.1. The predicted octanol–water partition coefficient (Wildman–Crippen LogP) is 6.38. The average molecular weight is 450 g/mol. The van der Waals surface area contributed by atoms with E-state index in [0.29, 0.717) is 24.0 Å². The van der Waals surface area contributed by atoms with E-state index in [-0.39, 0.29) is 12.0 Å². The third kappa shape index (κ3) is 6.04. The molecule has 1 saturated carbocycles. The van der Waals surface area contributed by atoms with Crippen LogP contribution in [-0.4, -0.2) is 36.2 Å². The van der Waals surface area contributed by atoms with Crippen LogP contribution in [0, 0.1) is 0 Å². The normalized spacial score (nSPS) is 17.3. The number of nitrogens with zero attached hydrogens (tertiary/aromatic N) is 1. The van der Waals surface area contributed by atoms with Crippen LogP contribution < -0.4 is 4.74 Å². The van der Waals surface area contributed by atoms with Crippen LogP contribution in [0.4, 0.5) is 13.2 Å². The van der Waals surface area contributed by atoms with Gasteiger partial charge in [-0.15, -0.1) is 0 Å². The van der Waals surface area contributed by atoms with Gasteiger partial charge in [-0.2, -0.15) is 13.2 Å². The molecule has 0 bridgehead atoms. The molecule has 1 atom stereocenters. The first-order valence-electron chi connectivity index (χ1n) is 11.6. The Balaban J connectivity index is 1.59. The van der Waals surface area contributed by atoms with Gasteiger partial charge in [-0.3, -0.25) is 0 Å². The molecule has 0 aromatic heterocycles. The molecule has 3 rings (SSSR count). The highest BCUT2D eigenvalue weighted by molar-refractivity contribution is 5.40. The van der Waals surface area contributed by atoms with E-state index in [4.69, 9.17) is 4.74 Å². The first-order chi connectivity index (χ1) is 15.2. The van der Waals surface area contributed by atoms with Gasteiger partial charge in [-0.1, -0.05) is 50.5 Å². The van der Waals surface area contributed by atoms with E-state index in [2.05, 4.69) is 11.9 Å². The highest BCUT2D eigenvalue weighted by Crippen LogP contribution is 2.37. The number of aliphatic hydroxyl groups is 1. The Hall–Kier alpha value is -2.05. The minimum absolute atomic E-state index is 0.231. The standard InChI is InChI=1S/C26H34F3NO2/c1-3-25(31,21-9-7-10-22(19-21)26(27,28)29)20-13-15-24(16-14-20)32-18-8-17-30(2)23-11-5-4-6-12-23/h7,9-10,13-16,19,23,31H,3-6,8,11-12,17-18H2,1-2H3. The molecule has 1 aliphatic carbocycles. The van der Waals surface area contributed by atoms with Crippen molar-refractivity contribution in [2.24, 2.45) is 0 Å². The lowest BCUT2D eigenvalue weighted by Crippen LogP contribution is -2.34. The number of halogens is 3. The largest absolute Gasteiger partial charge is 0.494 e. The van der Waals surface area contributed by atoms with E-state index in [9.17, 15) is 18.3 Å². The Kier molecular flexibility index (Phi) is 8.23. The van der Waals surface area contributed by atoms with Gasteiger partial charge in [0.1, 0.15) is 11.4 Å². The van der Waals surface area contributed by atoms with Crippen molar-refractivity contribution >= 4 is 0 Å². The van der Waals surface area contributed by atoms with Crippen molar-refractivity contribution in [3.63, 3.8) is 0 Å². The van der Waals surface area contributed by atoms with Crippen molar-refractivity contribution in [3.8, 4) is 5.75 Å². The fourth-order valence-electron chi connectivity index (χ4n) is 4.56. The fourth-order valence-corrected chi connectivity index (χ4v) is 4.56. The summed E-state index contributed by atoms with van der Waals surface area (Å²) in [6.45, 7) is 3.35. The molecule has 32 heavy (non-hydrogen) atoms. The lowest BCUT2D eigenvalue weighted by atomic mass is 9.83. The molecule has 1 aliphatic rings. The van der Waals surface area contributed by atoms with Crippen LogP contribution in [-0.2, 0) is 11.8 Å². The molecule has 0 radical (unpaired) electrons. The van der Waals surface area contributed by atoms with Crippen molar-refractivity contribution in [3.05, 3.63) is 65.2 Å². The Morgan fingerprint density at radius 1 is 0.969 bits per heavy atom. The summed E-state index contributed by atoms with van der Waals surface area (Å²) in [5.41, 5.74) is -1.49. The van der Waals surface area contributed by atoms with Crippen LogP contribution in [0.2, 0.25) is 0 Å². The number of hydrogen-bond acceptors (Lipinski definition) is 3. The van der Waals surface area contributed by atoms with Crippen LogP contribution in [0.3, 0.4) is 0 Å². The van der Waals surface area contributed by atoms with Crippen molar-refractivity contribution in [1.29, 1.82) is 0 Å². The summed E-state index contributed by atoms with van der Waals surface area (Å²) < 4.78 is 45.2. The summed E-state index contributed by atoms with van der Waals surface area (Å²) in [5.74, 6) is 0.691. The monoisotopic (exact) mass is 449 g/mol. The Labute approximate surface area is 189 Å². The molecule has 1 fully saturated rings. The summed E-state index contributed by atoms with van der Waals surface area (Å²) in [4.78, 5) is 2.43. The molecule has 3 nitrogen and oxygen atoms in total. The van der Waals surface area contributed by atoms with E-state index in [0.717, 1.165) is 25.1 Å². The Bertz CT molecular complexity index is 847. The minimum Gasteiger partial charge on any atom is -0.494 e. The quantitative estimate of drug-likeness (QED) is 0.451. The Morgan fingerprint density at radius 3 is 2.25 bits per heavy atom. The summed E-state index contributed by atoms with van der Waals surface area (Å²) in [7, 11) is 2.18. The second-order valence-electron chi connectivity index (χ2n) is 8.79. The van der Waals surface area contributed by atoms with Crippen LogP contribution in [0.25, 0.3) is 0 Å². The molecule has 0 saturated heterocycles. The van der Waals surface area contributed by atoms with Crippen molar-refractivity contribution < 1.29 is 23.0 Å². The van der Waals surface area contributed by atoms with Gasteiger partial charge in [0.2, 0.25) is 0 Å². The molecule has 6 heteroatoms. The highest BCUT2D eigenvalue weighted by atomic mass is 19.4. The molecule has 0 aliphatic heterocycles. The molecule has 2 aromatic carbocycles. The van der Waals surface area contributed by atoms with Gasteiger partial charge in [-0.05, 0) is 68.1 Å². The number of ether oxygens (including phenoxy) is 1. The number of benzene rings is 2. The number of hydrogen-bond donors (Lipinski definition) is 1. The molecule has 0 spiro atoms. The highest BCUT2D eigenvalue weighted by Gasteiger charge is 2.35.